The van der Waals surface area contributed by atoms with Crippen LogP contribution in [0.4, 0.5) is 0 Å². The fraction of sp³-hybridized carbons (Fsp3) is 0.727. The number of hydrogen-bond acceptors (Lipinski definition) is 5. The molecule has 9 heteroatoms. The van der Waals surface area contributed by atoms with Crippen LogP contribution in [0.25, 0.3) is 0 Å². The van der Waals surface area contributed by atoms with Crippen LogP contribution in [0.15, 0.2) is 30.3 Å². The van der Waals surface area contributed by atoms with E-state index in [-0.39, 0.29) is 25.4 Å². The molecule has 0 bridgehead atoms. The average Bonchev–Trinajstić information content (AvgIpc) is 2.70. The summed E-state index contributed by atoms with van der Waals surface area (Å²) < 4.78 is 70.7. The molecule has 0 heterocycles. The molecule has 180 valence electrons. The maximum Gasteiger partial charge on any atom is 0.267 e. The number of hydrogen-bond donors (Lipinski definition) is 2. The number of ether oxygens (including phenoxy) is 1. The molecule has 0 aliphatic rings. The lowest BCUT2D eigenvalue weighted by molar-refractivity contribution is 0.0931. The van der Waals surface area contributed by atoms with Gasteiger partial charge in [0.25, 0.3) is 20.2 Å². The van der Waals surface area contributed by atoms with Crippen LogP contribution < -0.4 is 0 Å². The summed E-state index contributed by atoms with van der Waals surface area (Å²) in [4.78, 5) is 0. The van der Waals surface area contributed by atoms with E-state index in [0.717, 1.165) is 38.5 Å². The molecule has 0 aromatic heterocycles. The Kier molecular flexibility index (Phi) is 12.9. The Morgan fingerprint density at radius 3 is 1.74 bits per heavy atom. The maximum absolute atomic E-state index is 11.7. The summed E-state index contributed by atoms with van der Waals surface area (Å²) in [5.41, 5.74) is 1.17. The summed E-state index contributed by atoms with van der Waals surface area (Å²) in [7, 11) is -6.99. The molecule has 0 saturated heterocycles. The zero-order valence-corrected chi connectivity index (χ0v) is 20.3. The zero-order valence-electron chi connectivity index (χ0n) is 18.6. The predicted molar refractivity (Wildman–Crippen MR) is 123 cm³/mol. The Bertz CT molecular complexity index is 808. The molecule has 0 saturated carbocycles. The van der Waals surface area contributed by atoms with Crippen LogP contribution in [-0.4, -0.2) is 43.6 Å². The summed E-state index contributed by atoms with van der Waals surface area (Å²) in [6, 6.07) is 10.1. The Balaban J connectivity index is 2.33. The van der Waals surface area contributed by atoms with Gasteiger partial charge in [0, 0.05) is 7.11 Å². The number of methoxy groups -OCH3 is 1. The third-order valence-corrected chi connectivity index (χ3v) is 8.22. The molecule has 0 spiro atoms. The zero-order chi connectivity index (χ0) is 23.3. The maximum atomic E-state index is 11.7. The summed E-state index contributed by atoms with van der Waals surface area (Å²) >= 11 is 0. The predicted octanol–water partition coefficient (Wildman–Crippen LogP) is 5.20. The number of unbranched alkanes of at least 4 members (excludes halogenated alkanes) is 5. The van der Waals surface area contributed by atoms with Crippen LogP contribution in [-0.2, 0) is 25.0 Å². The molecule has 3 atom stereocenters. The van der Waals surface area contributed by atoms with Crippen molar-refractivity contribution in [2.45, 2.75) is 94.2 Å². The molecule has 0 fully saturated rings. The minimum atomic E-state index is -4.37. The van der Waals surface area contributed by atoms with Gasteiger partial charge < -0.3 is 4.74 Å². The number of rotatable bonds is 17. The summed E-state index contributed by atoms with van der Waals surface area (Å²) in [5.74, 6) is 0. The van der Waals surface area contributed by atoms with E-state index in [4.69, 9.17) is 4.74 Å². The van der Waals surface area contributed by atoms with Crippen molar-refractivity contribution in [3.05, 3.63) is 35.9 Å². The Morgan fingerprint density at radius 2 is 1.26 bits per heavy atom. The minimum absolute atomic E-state index is 0.0931. The van der Waals surface area contributed by atoms with Crippen molar-refractivity contribution in [3.8, 4) is 0 Å². The molecule has 3 unspecified atom stereocenters. The van der Waals surface area contributed by atoms with Crippen LogP contribution in [0, 0.1) is 0 Å². The molecule has 0 aliphatic carbocycles. The first-order valence-electron chi connectivity index (χ1n) is 11.1. The highest BCUT2D eigenvalue weighted by Gasteiger charge is 2.31. The Labute approximate surface area is 188 Å². The highest BCUT2D eigenvalue weighted by atomic mass is 32.2. The molecule has 2 N–H and O–H groups in total. The fourth-order valence-electron chi connectivity index (χ4n) is 3.89. The third kappa shape index (κ3) is 11.4. The van der Waals surface area contributed by atoms with E-state index in [1.165, 1.54) is 5.56 Å². The molecular formula is C22H38O7S2. The van der Waals surface area contributed by atoms with Gasteiger partial charge in [-0.3, -0.25) is 9.11 Å². The van der Waals surface area contributed by atoms with E-state index >= 15 is 0 Å². The van der Waals surface area contributed by atoms with Gasteiger partial charge in [0.05, 0.1) is 16.6 Å². The van der Waals surface area contributed by atoms with Gasteiger partial charge in [0.15, 0.2) is 0 Å². The SMILES string of the molecule is CCCC(CC(CCCCCCCCC(OC)c1ccccc1)S(=O)(=O)O)S(=O)(=O)O. The van der Waals surface area contributed by atoms with Crippen LogP contribution >= 0.6 is 0 Å². The van der Waals surface area contributed by atoms with Crippen molar-refractivity contribution in [2.24, 2.45) is 0 Å². The van der Waals surface area contributed by atoms with Crippen molar-refractivity contribution < 1.29 is 30.7 Å². The van der Waals surface area contributed by atoms with E-state index in [9.17, 15) is 25.9 Å². The lowest BCUT2D eigenvalue weighted by Gasteiger charge is -2.19. The van der Waals surface area contributed by atoms with Gasteiger partial charge in [-0.1, -0.05) is 82.2 Å². The van der Waals surface area contributed by atoms with Gasteiger partial charge in [-0.25, -0.2) is 0 Å². The summed E-state index contributed by atoms with van der Waals surface area (Å²) in [6.45, 7) is 1.76. The van der Waals surface area contributed by atoms with Crippen molar-refractivity contribution >= 4 is 20.2 Å². The molecule has 7 nitrogen and oxygen atoms in total. The summed E-state index contributed by atoms with van der Waals surface area (Å²) in [5, 5.41) is -2.33. The van der Waals surface area contributed by atoms with Crippen LogP contribution in [0.1, 0.15) is 89.2 Å². The molecule has 31 heavy (non-hydrogen) atoms. The van der Waals surface area contributed by atoms with Gasteiger partial charge in [-0.15, -0.1) is 0 Å². The van der Waals surface area contributed by atoms with Crippen LogP contribution in [0.2, 0.25) is 0 Å². The molecule has 1 aromatic carbocycles. The van der Waals surface area contributed by atoms with E-state index < -0.39 is 30.7 Å². The normalized spacial score (nSPS) is 15.5. The van der Waals surface area contributed by atoms with E-state index in [0.29, 0.717) is 12.8 Å². The van der Waals surface area contributed by atoms with E-state index in [1.807, 2.05) is 18.2 Å². The molecule has 0 radical (unpaired) electrons. The first kappa shape index (κ1) is 28.0. The highest BCUT2D eigenvalue weighted by molar-refractivity contribution is 7.87. The quantitative estimate of drug-likeness (QED) is 0.233. The first-order valence-corrected chi connectivity index (χ1v) is 14.1. The molecular weight excluding hydrogens is 440 g/mol. The van der Waals surface area contributed by atoms with Crippen molar-refractivity contribution in [1.29, 1.82) is 0 Å². The highest BCUT2D eigenvalue weighted by Crippen LogP contribution is 2.24. The van der Waals surface area contributed by atoms with E-state index in [1.54, 1.807) is 14.0 Å². The second-order valence-electron chi connectivity index (χ2n) is 8.13. The smallest absolute Gasteiger partial charge is 0.267 e. The van der Waals surface area contributed by atoms with Gasteiger partial charge >= 0.3 is 0 Å². The monoisotopic (exact) mass is 478 g/mol. The second kappa shape index (κ2) is 14.2. The lowest BCUT2D eigenvalue weighted by atomic mass is 10.0. The molecule has 1 aromatic rings. The average molecular weight is 479 g/mol. The van der Waals surface area contributed by atoms with Crippen LogP contribution in [0.5, 0.6) is 0 Å². The van der Waals surface area contributed by atoms with Crippen molar-refractivity contribution in [2.75, 3.05) is 7.11 Å². The van der Waals surface area contributed by atoms with Crippen molar-refractivity contribution in [3.63, 3.8) is 0 Å². The number of benzene rings is 1. The van der Waals surface area contributed by atoms with Crippen molar-refractivity contribution in [1.82, 2.24) is 0 Å². The first-order chi connectivity index (χ1) is 14.6. The van der Waals surface area contributed by atoms with Gasteiger partial charge in [-0.05, 0) is 31.2 Å². The lowest BCUT2D eigenvalue weighted by Crippen LogP contribution is -2.30. The standard InChI is InChI=1S/C22H38O7S2/c1-3-13-20(30(23,24)25)18-21(31(26,27)28)16-11-6-4-5-7-12-17-22(29-2)19-14-9-8-10-15-19/h8-10,14-15,20-22H,3-7,11-13,16-18H2,1-2H3,(H,23,24,25)(H,26,27,28). The van der Waals surface area contributed by atoms with E-state index in [2.05, 4.69) is 12.1 Å². The summed E-state index contributed by atoms with van der Waals surface area (Å²) in [6.07, 6.45) is 7.05. The van der Waals surface area contributed by atoms with Gasteiger partial charge in [0.1, 0.15) is 0 Å². The third-order valence-electron chi connectivity index (χ3n) is 5.68. The molecule has 0 aliphatic heterocycles. The van der Waals surface area contributed by atoms with Gasteiger partial charge in [0.2, 0.25) is 0 Å². The molecule has 0 amide bonds. The topological polar surface area (TPSA) is 118 Å². The fourth-order valence-corrected chi connectivity index (χ4v) is 5.96. The second-order valence-corrected chi connectivity index (χ2v) is 11.5. The largest absolute Gasteiger partial charge is 0.377 e. The minimum Gasteiger partial charge on any atom is -0.377 e. The van der Waals surface area contributed by atoms with Gasteiger partial charge in [-0.2, -0.15) is 16.8 Å². The van der Waals surface area contributed by atoms with Crippen LogP contribution in [0.3, 0.4) is 0 Å². The Hall–Kier alpha value is -1.00. The Morgan fingerprint density at radius 1 is 0.774 bits per heavy atom. The molecule has 1 rings (SSSR count).